The zero-order chi connectivity index (χ0) is 14.7. The normalized spacial score (nSPS) is 10.2. The van der Waals surface area contributed by atoms with Crippen molar-refractivity contribution in [2.75, 3.05) is 31.4 Å². The first-order valence-corrected chi connectivity index (χ1v) is 6.99. The molecule has 0 aliphatic rings. The van der Waals surface area contributed by atoms with Crippen LogP contribution < -0.4 is 10.2 Å². The Morgan fingerprint density at radius 2 is 2.20 bits per heavy atom. The number of anilines is 3. The molecule has 1 aromatic carbocycles. The number of methoxy groups -OCH3 is 1. The molecule has 1 heterocycles. The van der Waals surface area contributed by atoms with Gasteiger partial charge in [-0.15, -0.1) is 0 Å². The lowest BCUT2D eigenvalue weighted by atomic mass is 10.2. The van der Waals surface area contributed by atoms with E-state index in [2.05, 4.69) is 15.0 Å². The molecule has 7 heteroatoms. The molecule has 0 amide bonds. The number of nitrogens with one attached hydrogen (secondary N) is 1. The van der Waals surface area contributed by atoms with Crippen LogP contribution in [-0.2, 0) is 4.74 Å². The van der Waals surface area contributed by atoms with Crippen molar-refractivity contribution < 1.29 is 9.53 Å². The average molecular weight is 312 g/mol. The largest absolute Gasteiger partial charge is 0.465 e. The molecule has 5 nitrogen and oxygen atoms in total. The summed E-state index contributed by atoms with van der Waals surface area (Å²) in [7, 11) is 5.25. The lowest BCUT2D eigenvalue weighted by Gasteiger charge is -2.13. The maximum atomic E-state index is 11.5. The highest BCUT2D eigenvalue weighted by atomic mass is 35.5. The lowest BCUT2D eigenvalue weighted by Crippen LogP contribution is -2.08. The van der Waals surface area contributed by atoms with Crippen LogP contribution in [0.4, 0.5) is 16.5 Å². The summed E-state index contributed by atoms with van der Waals surface area (Å²) in [5.41, 5.74) is 1.93. The number of halogens is 1. The molecule has 0 atom stereocenters. The Labute approximate surface area is 126 Å². The standard InChI is InChI=1S/C13H14ClN3O2S/c1-17(2)9-6-4-5-8(7-9)15-13-16-11(14)10(20-13)12(18)19-3/h4-7H,1-3H3,(H,15,16). The number of aromatic nitrogens is 1. The summed E-state index contributed by atoms with van der Waals surface area (Å²) in [6.07, 6.45) is 0. The van der Waals surface area contributed by atoms with Crippen LogP contribution >= 0.6 is 22.9 Å². The third-order valence-electron chi connectivity index (χ3n) is 2.57. The highest BCUT2D eigenvalue weighted by molar-refractivity contribution is 7.18. The van der Waals surface area contributed by atoms with Crippen LogP contribution in [0.1, 0.15) is 9.67 Å². The van der Waals surface area contributed by atoms with E-state index in [0.29, 0.717) is 10.0 Å². The average Bonchev–Trinajstić information content (AvgIpc) is 2.79. The van der Waals surface area contributed by atoms with Crippen LogP contribution in [0.5, 0.6) is 0 Å². The van der Waals surface area contributed by atoms with E-state index in [1.807, 2.05) is 43.3 Å². The Balaban J connectivity index is 2.22. The molecule has 0 aliphatic heterocycles. The topological polar surface area (TPSA) is 54.5 Å². The van der Waals surface area contributed by atoms with E-state index >= 15 is 0 Å². The smallest absolute Gasteiger partial charge is 0.351 e. The van der Waals surface area contributed by atoms with E-state index < -0.39 is 5.97 Å². The summed E-state index contributed by atoms with van der Waals surface area (Å²) in [4.78, 5) is 17.9. The Hall–Kier alpha value is -1.79. The number of hydrogen-bond acceptors (Lipinski definition) is 6. The minimum absolute atomic E-state index is 0.146. The van der Waals surface area contributed by atoms with E-state index in [9.17, 15) is 4.79 Å². The highest BCUT2D eigenvalue weighted by Crippen LogP contribution is 2.30. The predicted molar refractivity (Wildman–Crippen MR) is 82.5 cm³/mol. The van der Waals surface area contributed by atoms with Gasteiger partial charge in [-0.05, 0) is 18.2 Å². The molecule has 0 bridgehead atoms. The molecule has 2 rings (SSSR count). The van der Waals surface area contributed by atoms with Crippen molar-refractivity contribution >= 4 is 45.4 Å². The molecule has 0 saturated heterocycles. The summed E-state index contributed by atoms with van der Waals surface area (Å²) in [6.45, 7) is 0. The second kappa shape index (κ2) is 6.11. The molecule has 0 saturated carbocycles. The number of hydrogen-bond donors (Lipinski definition) is 1. The van der Waals surface area contributed by atoms with Crippen molar-refractivity contribution in [2.24, 2.45) is 0 Å². The van der Waals surface area contributed by atoms with Gasteiger partial charge in [-0.1, -0.05) is 29.0 Å². The number of benzene rings is 1. The summed E-state index contributed by atoms with van der Waals surface area (Å²) in [5.74, 6) is -0.484. The van der Waals surface area contributed by atoms with E-state index in [-0.39, 0.29) is 5.15 Å². The quantitative estimate of drug-likeness (QED) is 0.877. The number of ether oxygens (including phenoxy) is 1. The van der Waals surface area contributed by atoms with Crippen molar-refractivity contribution in [1.82, 2.24) is 4.98 Å². The maximum absolute atomic E-state index is 11.5. The number of carbonyl (C=O) groups is 1. The fourth-order valence-electron chi connectivity index (χ4n) is 1.56. The van der Waals surface area contributed by atoms with Crippen LogP contribution in [0, 0.1) is 0 Å². The Kier molecular flexibility index (Phi) is 4.46. The van der Waals surface area contributed by atoms with Crippen LogP contribution in [-0.4, -0.2) is 32.2 Å². The summed E-state index contributed by atoms with van der Waals surface area (Å²) in [5, 5.41) is 3.82. The van der Waals surface area contributed by atoms with E-state index in [1.165, 1.54) is 7.11 Å². The summed E-state index contributed by atoms with van der Waals surface area (Å²) in [6, 6.07) is 7.83. The third-order valence-corrected chi connectivity index (χ3v) is 3.91. The molecule has 0 spiro atoms. The van der Waals surface area contributed by atoms with Gasteiger partial charge in [0, 0.05) is 25.5 Å². The maximum Gasteiger partial charge on any atom is 0.351 e. The first kappa shape index (κ1) is 14.6. The van der Waals surface area contributed by atoms with Gasteiger partial charge in [0.2, 0.25) is 0 Å². The lowest BCUT2D eigenvalue weighted by molar-refractivity contribution is 0.0606. The monoisotopic (exact) mass is 311 g/mol. The molecule has 20 heavy (non-hydrogen) atoms. The summed E-state index contributed by atoms with van der Waals surface area (Å²) >= 11 is 7.08. The van der Waals surface area contributed by atoms with Crippen molar-refractivity contribution in [1.29, 1.82) is 0 Å². The number of carbonyl (C=O) groups excluding carboxylic acids is 1. The van der Waals surface area contributed by atoms with Crippen LogP contribution in [0.25, 0.3) is 0 Å². The number of rotatable bonds is 4. The Morgan fingerprint density at radius 1 is 1.45 bits per heavy atom. The van der Waals surface area contributed by atoms with Gasteiger partial charge in [0.15, 0.2) is 15.2 Å². The molecule has 0 radical (unpaired) electrons. The van der Waals surface area contributed by atoms with Gasteiger partial charge >= 0.3 is 5.97 Å². The molecule has 1 N–H and O–H groups in total. The highest BCUT2D eigenvalue weighted by Gasteiger charge is 2.17. The van der Waals surface area contributed by atoms with Gasteiger partial charge < -0.3 is 15.0 Å². The summed E-state index contributed by atoms with van der Waals surface area (Å²) < 4.78 is 4.64. The molecule has 0 unspecified atom stereocenters. The molecular formula is C13H14ClN3O2S. The van der Waals surface area contributed by atoms with Crippen molar-refractivity contribution in [2.45, 2.75) is 0 Å². The van der Waals surface area contributed by atoms with Crippen LogP contribution in [0.15, 0.2) is 24.3 Å². The number of nitrogens with zero attached hydrogens (tertiary/aromatic N) is 2. The van der Waals surface area contributed by atoms with E-state index in [4.69, 9.17) is 11.6 Å². The minimum Gasteiger partial charge on any atom is -0.465 e. The molecular weight excluding hydrogens is 298 g/mol. The van der Waals surface area contributed by atoms with Gasteiger partial charge in [0.05, 0.1) is 7.11 Å². The predicted octanol–water partition coefficient (Wildman–Crippen LogP) is 3.39. The van der Waals surface area contributed by atoms with Crippen LogP contribution in [0.3, 0.4) is 0 Å². The van der Waals surface area contributed by atoms with E-state index in [0.717, 1.165) is 22.7 Å². The second-order valence-corrected chi connectivity index (χ2v) is 5.56. The first-order valence-electron chi connectivity index (χ1n) is 5.80. The third kappa shape index (κ3) is 3.20. The van der Waals surface area contributed by atoms with Crippen molar-refractivity contribution in [3.63, 3.8) is 0 Å². The van der Waals surface area contributed by atoms with Crippen molar-refractivity contribution in [3.8, 4) is 0 Å². The second-order valence-electron chi connectivity index (χ2n) is 4.20. The number of esters is 1. The fraction of sp³-hybridized carbons (Fsp3) is 0.231. The molecule has 106 valence electrons. The van der Waals surface area contributed by atoms with Gasteiger partial charge in [0.25, 0.3) is 0 Å². The van der Waals surface area contributed by atoms with Gasteiger partial charge in [-0.3, -0.25) is 0 Å². The molecule has 2 aromatic rings. The minimum atomic E-state index is -0.484. The SMILES string of the molecule is COC(=O)c1sc(Nc2cccc(N(C)C)c2)nc1Cl. The van der Waals surface area contributed by atoms with E-state index in [1.54, 1.807) is 0 Å². The van der Waals surface area contributed by atoms with Gasteiger partial charge in [-0.2, -0.15) is 0 Å². The molecule has 0 fully saturated rings. The zero-order valence-electron chi connectivity index (χ0n) is 11.3. The molecule has 0 aliphatic carbocycles. The first-order chi connectivity index (χ1) is 9.51. The number of thiazole rings is 1. The zero-order valence-corrected chi connectivity index (χ0v) is 12.9. The Bertz CT molecular complexity index is 628. The van der Waals surface area contributed by atoms with Gasteiger partial charge in [-0.25, -0.2) is 9.78 Å². The van der Waals surface area contributed by atoms with Crippen molar-refractivity contribution in [3.05, 3.63) is 34.3 Å². The fourth-order valence-corrected chi connectivity index (χ4v) is 2.68. The Morgan fingerprint density at radius 3 is 2.85 bits per heavy atom. The van der Waals surface area contributed by atoms with Crippen LogP contribution in [0.2, 0.25) is 5.15 Å². The molecule has 1 aromatic heterocycles. The van der Waals surface area contributed by atoms with Gasteiger partial charge in [0.1, 0.15) is 0 Å².